The van der Waals surface area contributed by atoms with Crippen molar-refractivity contribution in [1.29, 1.82) is 0 Å². The number of guanidine groups is 1. The Morgan fingerprint density at radius 2 is 2.00 bits per heavy atom. The van der Waals surface area contributed by atoms with Crippen molar-refractivity contribution in [3.63, 3.8) is 0 Å². The summed E-state index contributed by atoms with van der Waals surface area (Å²) in [5.41, 5.74) is 2.60. The maximum absolute atomic E-state index is 5.73. The van der Waals surface area contributed by atoms with E-state index in [2.05, 4.69) is 55.3 Å². The zero-order valence-corrected chi connectivity index (χ0v) is 14.1. The zero-order chi connectivity index (χ0) is 15.8. The Morgan fingerprint density at radius 1 is 1.27 bits per heavy atom. The Hall–Kier alpha value is -1.55. The van der Waals surface area contributed by atoms with Gasteiger partial charge in [0.1, 0.15) is 0 Å². The molecule has 1 heterocycles. The minimum atomic E-state index is 0.417. The van der Waals surface area contributed by atoms with Crippen LogP contribution in [0.4, 0.5) is 0 Å². The van der Waals surface area contributed by atoms with Crippen LogP contribution in [0.15, 0.2) is 29.3 Å². The fourth-order valence-electron chi connectivity index (χ4n) is 2.84. The summed E-state index contributed by atoms with van der Waals surface area (Å²) < 4.78 is 5.73. The fourth-order valence-corrected chi connectivity index (χ4v) is 2.84. The molecule has 1 aromatic carbocycles. The molecular formula is C18H29N3O. The van der Waals surface area contributed by atoms with Crippen molar-refractivity contribution in [3.05, 3.63) is 35.4 Å². The molecule has 2 rings (SSSR count). The van der Waals surface area contributed by atoms with E-state index in [0.29, 0.717) is 6.10 Å². The fraction of sp³-hybridized carbons (Fsp3) is 0.611. The number of ether oxygens (including phenoxy) is 1. The van der Waals surface area contributed by atoms with E-state index in [4.69, 9.17) is 9.73 Å². The van der Waals surface area contributed by atoms with Gasteiger partial charge in [-0.05, 0) is 44.7 Å². The normalized spacial score (nSPS) is 16.9. The second-order valence-corrected chi connectivity index (χ2v) is 5.74. The van der Waals surface area contributed by atoms with Gasteiger partial charge in [0.2, 0.25) is 0 Å². The summed E-state index contributed by atoms with van der Waals surface area (Å²) in [7, 11) is 0. The summed E-state index contributed by atoms with van der Waals surface area (Å²) in [5, 5.41) is 3.42. The van der Waals surface area contributed by atoms with Gasteiger partial charge in [-0.1, -0.05) is 24.3 Å². The molecule has 0 bridgehead atoms. The number of nitrogens with one attached hydrogen (secondary N) is 1. The van der Waals surface area contributed by atoms with E-state index < -0.39 is 0 Å². The standard InChI is InChI=1S/C18H29N3O/c1-4-19-18(20-14-16-9-7-6-8-15(16)3)21-12-10-17(11-13-21)22-5-2/h6-9,17H,4-5,10-14H2,1-3H3,(H,19,20). The lowest BCUT2D eigenvalue weighted by molar-refractivity contribution is 0.0263. The molecule has 1 aromatic rings. The second-order valence-electron chi connectivity index (χ2n) is 5.74. The van der Waals surface area contributed by atoms with Crippen LogP contribution in [0.3, 0.4) is 0 Å². The minimum Gasteiger partial charge on any atom is -0.378 e. The Labute approximate surface area is 134 Å². The van der Waals surface area contributed by atoms with E-state index in [9.17, 15) is 0 Å². The first kappa shape index (κ1) is 16.8. The molecule has 1 saturated heterocycles. The monoisotopic (exact) mass is 303 g/mol. The van der Waals surface area contributed by atoms with Crippen LogP contribution in [0.25, 0.3) is 0 Å². The number of nitrogens with zero attached hydrogens (tertiary/aromatic N) is 2. The number of hydrogen-bond acceptors (Lipinski definition) is 2. The van der Waals surface area contributed by atoms with Gasteiger partial charge in [-0.2, -0.15) is 0 Å². The van der Waals surface area contributed by atoms with Crippen LogP contribution in [0.1, 0.15) is 37.8 Å². The quantitative estimate of drug-likeness (QED) is 0.671. The smallest absolute Gasteiger partial charge is 0.194 e. The summed E-state index contributed by atoms with van der Waals surface area (Å²) in [6.45, 7) is 10.8. The van der Waals surface area contributed by atoms with Crippen LogP contribution in [0.5, 0.6) is 0 Å². The number of aryl methyl sites for hydroxylation is 1. The maximum atomic E-state index is 5.73. The van der Waals surface area contributed by atoms with Crippen molar-refractivity contribution in [1.82, 2.24) is 10.2 Å². The molecule has 1 fully saturated rings. The summed E-state index contributed by atoms with van der Waals surface area (Å²) in [6.07, 6.45) is 2.59. The number of rotatable bonds is 5. The van der Waals surface area contributed by atoms with Gasteiger partial charge in [0.25, 0.3) is 0 Å². The number of piperidine rings is 1. The molecule has 0 atom stereocenters. The lowest BCUT2D eigenvalue weighted by Crippen LogP contribution is -2.47. The van der Waals surface area contributed by atoms with Gasteiger partial charge in [-0.25, -0.2) is 4.99 Å². The van der Waals surface area contributed by atoms with Crippen LogP contribution in [0.2, 0.25) is 0 Å². The maximum Gasteiger partial charge on any atom is 0.194 e. The molecule has 0 spiro atoms. The molecule has 0 radical (unpaired) electrons. The predicted molar refractivity (Wildman–Crippen MR) is 92.2 cm³/mol. The van der Waals surface area contributed by atoms with E-state index in [0.717, 1.165) is 51.6 Å². The summed E-state index contributed by atoms with van der Waals surface area (Å²) in [6, 6.07) is 8.46. The Balaban J connectivity index is 1.97. The molecule has 22 heavy (non-hydrogen) atoms. The number of likely N-dealkylation sites (tertiary alicyclic amines) is 1. The third kappa shape index (κ3) is 4.73. The van der Waals surface area contributed by atoms with Gasteiger partial charge in [0, 0.05) is 26.2 Å². The average molecular weight is 303 g/mol. The molecular weight excluding hydrogens is 274 g/mol. The molecule has 1 aliphatic heterocycles. The number of hydrogen-bond donors (Lipinski definition) is 1. The third-order valence-electron chi connectivity index (χ3n) is 4.14. The molecule has 1 aliphatic rings. The zero-order valence-electron chi connectivity index (χ0n) is 14.1. The highest BCUT2D eigenvalue weighted by Crippen LogP contribution is 2.14. The van der Waals surface area contributed by atoms with Crippen LogP contribution >= 0.6 is 0 Å². The van der Waals surface area contributed by atoms with Crippen molar-refractivity contribution in [2.75, 3.05) is 26.2 Å². The van der Waals surface area contributed by atoms with Crippen molar-refractivity contribution >= 4 is 5.96 Å². The van der Waals surface area contributed by atoms with E-state index in [1.54, 1.807) is 0 Å². The first-order chi connectivity index (χ1) is 10.7. The summed E-state index contributed by atoms with van der Waals surface area (Å²) in [5.74, 6) is 1.03. The Bertz CT molecular complexity index is 479. The van der Waals surface area contributed by atoms with Crippen molar-refractivity contribution in [3.8, 4) is 0 Å². The van der Waals surface area contributed by atoms with Gasteiger partial charge >= 0.3 is 0 Å². The Morgan fingerprint density at radius 3 is 2.64 bits per heavy atom. The lowest BCUT2D eigenvalue weighted by atomic mass is 10.1. The van der Waals surface area contributed by atoms with Crippen molar-refractivity contribution < 1.29 is 4.74 Å². The van der Waals surface area contributed by atoms with Crippen LogP contribution < -0.4 is 5.32 Å². The van der Waals surface area contributed by atoms with Crippen LogP contribution in [-0.4, -0.2) is 43.2 Å². The molecule has 0 unspecified atom stereocenters. The minimum absolute atomic E-state index is 0.417. The lowest BCUT2D eigenvalue weighted by Gasteiger charge is -2.34. The van der Waals surface area contributed by atoms with Gasteiger partial charge in [0.15, 0.2) is 5.96 Å². The third-order valence-corrected chi connectivity index (χ3v) is 4.14. The van der Waals surface area contributed by atoms with E-state index >= 15 is 0 Å². The highest BCUT2D eigenvalue weighted by Gasteiger charge is 2.21. The van der Waals surface area contributed by atoms with E-state index in [-0.39, 0.29) is 0 Å². The molecule has 122 valence electrons. The number of aliphatic imine (C=N–C) groups is 1. The van der Waals surface area contributed by atoms with Gasteiger partial charge < -0.3 is 15.0 Å². The highest BCUT2D eigenvalue weighted by atomic mass is 16.5. The van der Waals surface area contributed by atoms with E-state index in [1.807, 2.05) is 0 Å². The molecule has 0 saturated carbocycles. The number of benzene rings is 1. The first-order valence-electron chi connectivity index (χ1n) is 8.44. The highest BCUT2D eigenvalue weighted by molar-refractivity contribution is 5.80. The topological polar surface area (TPSA) is 36.9 Å². The van der Waals surface area contributed by atoms with Crippen molar-refractivity contribution in [2.45, 2.75) is 46.3 Å². The largest absolute Gasteiger partial charge is 0.378 e. The molecule has 0 amide bonds. The molecule has 4 heteroatoms. The second kappa shape index (κ2) is 8.79. The molecule has 1 N–H and O–H groups in total. The van der Waals surface area contributed by atoms with Crippen LogP contribution in [-0.2, 0) is 11.3 Å². The predicted octanol–water partition coefficient (Wildman–Crippen LogP) is 2.96. The molecule has 0 aliphatic carbocycles. The van der Waals surface area contributed by atoms with Crippen molar-refractivity contribution in [2.24, 2.45) is 4.99 Å². The molecule has 0 aromatic heterocycles. The molecule has 4 nitrogen and oxygen atoms in total. The van der Waals surface area contributed by atoms with Gasteiger partial charge in [0.05, 0.1) is 12.6 Å². The summed E-state index contributed by atoms with van der Waals surface area (Å²) in [4.78, 5) is 7.19. The Kier molecular flexibility index (Phi) is 6.72. The first-order valence-corrected chi connectivity index (χ1v) is 8.44. The summed E-state index contributed by atoms with van der Waals surface area (Å²) >= 11 is 0. The SMILES string of the molecule is CCNC(=NCc1ccccc1C)N1CCC(OCC)CC1. The van der Waals surface area contributed by atoms with Gasteiger partial charge in [-0.3, -0.25) is 0 Å². The average Bonchev–Trinajstić information content (AvgIpc) is 2.54. The van der Waals surface area contributed by atoms with Gasteiger partial charge in [-0.15, -0.1) is 0 Å². The van der Waals surface area contributed by atoms with Crippen LogP contribution in [0, 0.1) is 6.92 Å². The van der Waals surface area contributed by atoms with E-state index in [1.165, 1.54) is 11.1 Å².